The molecule has 0 bridgehead atoms. The number of benzene rings is 1. The molecule has 1 atom stereocenters. The van der Waals surface area contributed by atoms with Gasteiger partial charge in [0.15, 0.2) is 6.04 Å². The molecule has 0 saturated heterocycles. The van der Waals surface area contributed by atoms with Crippen LogP contribution < -0.4 is 0 Å². The van der Waals surface area contributed by atoms with E-state index in [9.17, 15) is 9.59 Å². The summed E-state index contributed by atoms with van der Waals surface area (Å²) in [6.45, 7) is 7.68. The van der Waals surface area contributed by atoms with Gasteiger partial charge in [-0.3, -0.25) is 9.56 Å². The van der Waals surface area contributed by atoms with E-state index in [2.05, 4.69) is 4.99 Å². The van der Waals surface area contributed by atoms with Crippen molar-refractivity contribution >= 4 is 28.7 Å². The van der Waals surface area contributed by atoms with Gasteiger partial charge in [-0.05, 0) is 52.2 Å². The summed E-state index contributed by atoms with van der Waals surface area (Å²) in [5.41, 5.74) is 2.15. The maximum absolute atomic E-state index is 12.5. The molecule has 1 aliphatic rings. The highest BCUT2D eigenvalue weighted by atomic mass is 16.6. The number of aromatic nitrogens is 1. The first-order chi connectivity index (χ1) is 12.3. The molecule has 6 heteroatoms. The third-order valence-electron chi connectivity index (χ3n) is 4.09. The highest BCUT2D eigenvalue weighted by Crippen LogP contribution is 2.26. The predicted octanol–water partition coefficient (Wildman–Crippen LogP) is 3.74. The summed E-state index contributed by atoms with van der Waals surface area (Å²) in [5, 5.41) is 1.01. The number of carbonyl (C=O) groups is 2. The van der Waals surface area contributed by atoms with Crippen LogP contribution in [0.1, 0.15) is 39.7 Å². The number of fused-ring (bicyclic) bond motifs is 1. The van der Waals surface area contributed by atoms with Crippen molar-refractivity contribution in [3.05, 3.63) is 36.0 Å². The Kier molecular flexibility index (Phi) is 4.85. The van der Waals surface area contributed by atoms with Gasteiger partial charge in [0.05, 0.1) is 17.8 Å². The van der Waals surface area contributed by atoms with E-state index in [-0.39, 0.29) is 5.97 Å². The van der Waals surface area contributed by atoms with Crippen molar-refractivity contribution in [1.82, 2.24) is 4.57 Å². The van der Waals surface area contributed by atoms with Gasteiger partial charge in [-0.2, -0.15) is 0 Å². The molecule has 0 saturated carbocycles. The lowest BCUT2D eigenvalue weighted by Crippen LogP contribution is -2.26. The van der Waals surface area contributed by atoms with E-state index in [1.54, 1.807) is 11.5 Å². The van der Waals surface area contributed by atoms with Crippen LogP contribution in [0.3, 0.4) is 0 Å². The van der Waals surface area contributed by atoms with Gasteiger partial charge >= 0.3 is 12.1 Å². The summed E-state index contributed by atoms with van der Waals surface area (Å²) in [5.74, 6) is -0.279. The Hall–Kier alpha value is -2.63. The lowest BCUT2D eigenvalue weighted by Gasteiger charge is -2.19. The first kappa shape index (κ1) is 18.2. The summed E-state index contributed by atoms with van der Waals surface area (Å²) in [4.78, 5) is 28.4. The Balaban J connectivity index is 1.75. The molecule has 0 aliphatic carbocycles. The third-order valence-corrected chi connectivity index (χ3v) is 4.09. The second-order valence-electron chi connectivity index (χ2n) is 7.30. The number of aliphatic imine (C=N–C) groups is 1. The SMILES string of the molecule is CCOC(=O)C1N=C1CCc1cn(C(=O)OC(C)(C)C)c2ccccc12. The number of para-hydroxylation sites is 1. The van der Waals surface area contributed by atoms with Gasteiger partial charge in [0.25, 0.3) is 0 Å². The van der Waals surface area contributed by atoms with Crippen molar-refractivity contribution in [2.24, 2.45) is 4.99 Å². The number of rotatable bonds is 5. The zero-order valence-electron chi connectivity index (χ0n) is 15.6. The van der Waals surface area contributed by atoms with Crippen LogP contribution in [0.2, 0.25) is 0 Å². The number of carbonyl (C=O) groups excluding carboxylic acids is 2. The molecule has 2 heterocycles. The van der Waals surface area contributed by atoms with Crippen molar-refractivity contribution in [3.8, 4) is 0 Å². The van der Waals surface area contributed by atoms with Gasteiger partial charge in [-0.1, -0.05) is 18.2 Å². The van der Waals surface area contributed by atoms with Gasteiger partial charge in [0, 0.05) is 11.6 Å². The van der Waals surface area contributed by atoms with E-state index < -0.39 is 17.7 Å². The Morgan fingerprint density at radius 1 is 1.19 bits per heavy atom. The fourth-order valence-corrected chi connectivity index (χ4v) is 2.91. The van der Waals surface area contributed by atoms with Crippen LogP contribution in [-0.4, -0.2) is 40.6 Å². The fourth-order valence-electron chi connectivity index (χ4n) is 2.91. The highest BCUT2D eigenvalue weighted by Gasteiger charge is 2.35. The fraction of sp³-hybridized carbons (Fsp3) is 0.450. The Bertz CT molecular complexity index is 874. The number of hydrogen-bond acceptors (Lipinski definition) is 5. The molecule has 1 aliphatic heterocycles. The normalized spacial score (nSPS) is 16.3. The molecule has 2 aromatic rings. The van der Waals surface area contributed by atoms with Crippen LogP contribution in [0.5, 0.6) is 0 Å². The van der Waals surface area contributed by atoms with Gasteiger partial charge in [0.1, 0.15) is 5.60 Å². The maximum atomic E-state index is 12.5. The molecule has 26 heavy (non-hydrogen) atoms. The van der Waals surface area contributed by atoms with E-state index >= 15 is 0 Å². The maximum Gasteiger partial charge on any atom is 0.419 e. The van der Waals surface area contributed by atoms with Crippen LogP contribution in [-0.2, 0) is 20.7 Å². The number of esters is 1. The topological polar surface area (TPSA) is 69.9 Å². The molecule has 0 N–H and O–H groups in total. The molecule has 6 nitrogen and oxygen atoms in total. The van der Waals surface area contributed by atoms with Crippen LogP contribution in [0.25, 0.3) is 10.9 Å². The minimum absolute atomic E-state index is 0.279. The Morgan fingerprint density at radius 2 is 1.92 bits per heavy atom. The molecule has 1 unspecified atom stereocenters. The number of hydrogen-bond donors (Lipinski definition) is 0. The van der Waals surface area contributed by atoms with E-state index in [1.807, 2.05) is 51.2 Å². The van der Waals surface area contributed by atoms with Crippen LogP contribution in [0, 0.1) is 0 Å². The molecule has 1 aromatic heterocycles. The number of aryl methyl sites for hydroxylation is 1. The van der Waals surface area contributed by atoms with E-state index in [0.717, 1.165) is 22.2 Å². The van der Waals surface area contributed by atoms with Crippen LogP contribution in [0.15, 0.2) is 35.5 Å². The molecule has 0 radical (unpaired) electrons. The molecule has 3 rings (SSSR count). The minimum Gasteiger partial charge on any atom is -0.464 e. The monoisotopic (exact) mass is 356 g/mol. The molecule has 0 amide bonds. The molecule has 1 aromatic carbocycles. The smallest absolute Gasteiger partial charge is 0.419 e. The van der Waals surface area contributed by atoms with Gasteiger partial charge in [-0.15, -0.1) is 0 Å². The van der Waals surface area contributed by atoms with E-state index in [4.69, 9.17) is 9.47 Å². The second kappa shape index (κ2) is 6.94. The Labute approximate surface area is 152 Å². The lowest BCUT2D eigenvalue weighted by molar-refractivity contribution is -0.142. The predicted molar refractivity (Wildman–Crippen MR) is 99.7 cm³/mol. The van der Waals surface area contributed by atoms with Crippen LogP contribution >= 0.6 is 0 Å². The summed E-state index contributed by atoms with van der Waals surface area (Å²) in [6, 6.07) is 7.33. The summed E-state index contributed by atoms with van der Waals surface area (Å²) >= 11 is 0. The summed E-state index contributed by atoms with van der Waals surface area (Å²) in [7, 11) is 0. The highest BCUT2D eigenvalue weighted by molar-refractivity contribution is 6.16. The van der Waals surface area contributed by atoms with Crippen LogP contribution in [0.4, 0.5) is 4.79 Å². The van der Waals surface area contributed by atoms with Gasteiger partial charge in [0.2, 0.25) is 0 Å². The average Bonchev–Trinajstić information content (AvgIpc) is 3.25. The van der Waals surface area contributed by atoms with Gasteiger partial charge < -0.3 is 9.47 Å². The molecular weight excluding hydrogens is 332 g/mol. The van der Waals surface area contributed by atoms with Crippen molar-refractivity contribution in [1.29, 1.82) is 0 Å². The molecule has 0 spiro atoms. The number of nitrogens with zero attached hydrogens (tertiary/aromatic N) is 2. The van der Waals surface area contributed by atoms with Crippen molar-refractivity contribution in [2.75, 3.05) is 6.61 Å². The minimum atomic E-state index is -0.557. The van der Waals surface area contributed by atoms with Crippen molar-refractivity contribution in [2.45, 2.75) is 52.2 Å². The molecular formula is C20H24N2O4. The first-order valence-corrected chi connectivity index (χ1v) is 8.85. The van der Waals surface area contributed by atoms with Crippen molar-refractivity contribution in [3.63, 3.8) is 0 Å². The quantitative estimate of drug-likeness (QED) is 0.765. The van der Waals surface area contributed by atoms with Gasteiger partial charge in [-0.25, -0.2) is 9.59 Å². The molecule has 138 valence electrons. The third kappa shape index (κ3) is 3.95. The molecule has 0 fully saturated rings. The van der Waals surface area contributed by atoms with Crippen molar-refractivity contribution < 1.29 is 19.1 Å². The van der Waals surface area contributed by atoms with E-state index in [0.29, 0.717) is 19.4 Å². The number of ether oxygens (including phenoxy) is 2. The zero-order chi connectivity index (χ0) is 18.9. The summed E-state index contributed by atoms with van der Waals surface area (Å²) < 4.78 is 12.0. The summed E-state index contributed by atoms with van der Waals surface area (Å²) in [6.07, 6.45) is 2.80. The van der Waals surface area contributed by atoms with E-state index in [1.165, 1.54) is 0 Å². The zero-order valence-corrected chi connectivity index (χ0v) is 15.6. The second-order valence-corrected chi connectivity index (χ2v) is 7.30. The first-order valence-electron chi connectivity index (χ1n) is 8.85. The average molecular weight is 356 g/mol. The Morgan fingerprint density at radius 3 is 2.62 bits per heavy atom. The standard InChI is InChI=1S/C20H24N2O4/c1-5-25-18(23)17-15(21-17)11-10-13-12-22(19(24)26-20(2,3)4)16-9-7-6-8-14(13)16/h6-9,12,17H,5,10-11H2,1-4H3. The lowest BCUT2D eigenvalue weighted by atomic mass is 10.1. The largest absolute Gasteiger partial charge is 0.464 e.